The van der Waals surface area contributed by atoms with E-state index < -0.39 is 0 Å². The number of methoxy groups -OCH3 is 1. The maximum atomic E-state index is 11.5. The molecule has 0 amide bonds. The molecule has 0 heterocycles. The molecule has 2 heteroatoms. The van der Waals surface area contributed by atoms with E-state index in [0.29, 0.717) is 11.5 Å². The summed E-state index contributed by atoms with van der Waals surface area (Å²) < 4.78 is 4.75. The lowest BCUT2D eigenvalue weighted by Gasteiger charge is -2.17. The minimum Gasteiger partial charge on any atom is -0.465 e. The molecule has 0 aliphatic heterocycles. The van der Waals surface area contributed by atoms with Crippen LogP contribution in [0.4, 0.5) is 0 Å². The van der Waals surface area contributed by atoms with Crippen LogP contribution in [-0.2, 0) is 11.2 Å². The van der Waals surface area contributed by atoms with Gasteiger partial charge in [0.05, 0.1) is 12.7 Å². The molecule has 0 bridgehead atoms. The lowest BCUT2D eigenvalue weighted by atomic mass is 9.88. The predicted octanol–water partition coefficient (Wildman–Crippen LogP) is 4.91. The van der Waals surface area contributed by atoms with Gasteiger partial charge in [-0.2, -0.15) is 0 Å². The van der Waals surface area contributed by atoms with Crippen molar-refractivity contribution in [3.8, 4) is 0 Å². The molecule has 0 aromatic heterocycles. The molecule has 0 fully saturated rings. The van der Waals surface area contributed by atoms with Crippen molar-refractivity contribution in [1.82, 2.24) is 0 Å². The summed E-state index contributed by atoms with van der Waals surface area (Å²) in [5.41, 5.74) is 4.55. The van der Waals surface area contributed by atoms with Gasteiger partial charge < -0.3 is 4.74 Å². The summed E-state index contributed by atoms with van der Waals surface area (Å²) in [5, 5.41) is 0. The van der Waals surface area contributed by atoms with Crippen LogP contribution in [0.2, 0.25) is 0 Å². The summed E-state index contributed by atoms with van der Waals surface area (Å²) in [4.78, 5) is 11.5. The van der Waals surface area contributed by atoms with Crippen molar-refractivity contribution in [3.05, 3.63) is 70.8 Å². The molecule has 0 spiro atoms. The number of carbonyl (C=O) groups excluding carboxylic acids is 1. The maximum Gasteiger partial charge on any atom is 0.337 e. The molecule has 0 radical (unpaired) electrons. The van der Waals surface area contributed by atoms with Crippen LogP contribution in [0.15, 0.2) is 48.5 Å². The molecule has 2 nitrogen and oxygen atoms in total. The van der Waals surface area contributed by atoms with Gasteiger partial charge in [0.25, 0.3) is 0 Å². The number of aryl methyl sites for hydroxylation is 1. The molecular formula is C20H24O2. The second-order valence-electron chi connectivity index (χ2n) is 5.79. The highest BCUT2D eigenvalue weighted by atomic mass is 16.5. The summed E-state index contributed by atoms with van der Waals surface area (Å²) >= 11 is 0. The number of hydrogen-bond acceptors (Lipinski definition) is 2. The smallest absolute Gasteiger partial charge is 0.337 e. The molecule has 0 saturated heterocycles. The Labute approximate surface area is 133 Å². The van der Waals surface area contributed by atoms with Gasteiger partial charge in [-0.15, -0.1) is 0 Å². The summed E-state index contributed by atoms with van der Waals surface area (Å²) in [6.07, 6.45) is 3.33. The van der Waals surface area contributed by atoms with Gasteiger partial charge >= 0.3 is 5.97 Å². The van der Waals surface area contributed by atoms with Gasteiger partial charge in [0.1, 0.15) is 0 Å². The van der Waals surface area contributed by atoms with Crippen molar-refractivity contribution in [2.24, 2.45) is 0 Å². The van der Waals surface area contributed by atoms with Crippen molar-refractivity contribution >= 4 is 5.97 Å². The van der Waals surface area contributed by atoms with Crippen molar-refractivity contribution in [2.75, 3.05) is 7.11 Å². The fourth-order valence-corrected chi connectivity index (χ4v) is 2.75. The Bertz CT molecular complexity index is 597. The highest BCUT2D eigenvalue weighted by Gasteiger charge is 2.13. The van der Waals surface area contributed by atoms with Gasteiger partial charge in [0, 0.05) is 0 Å². The van der Waals surface area contributed by atoms with E-state index in [4.69, 9.17) is 4.74 Å². The molecule has 0 saturated carbocycles. The first-order chi connectivity index (χ1) is 10.6. The fraction of sp³-hybridized carbons (Fsp3) is 0.350. The Hall–Kier alpha value is -2.09. The van der Waals surface area contributed by atoms with Crippen molar-refractivity contribution < 1.29 is 9.53 Å². The summed E-state index contributed by atoms with van der Waals surface area (Å²) in [7, 11) is 1.41. The maximum absolute atomic E-state index is 11.5. The van der Waals surface area contributed by atoms with Gasteiger partial charge in [-0.05, 0) is 48.9 Å². The molecule has 2 rings (SSSR count). The molecule has 2 aromatic carbocycles. The number of carbonyl (C=O) groups is 1. The highest BCUT2D eigenvalue weighted by molar-refractivity contribution is 5.89. The van der Waals surface area contributed by atoms with E-state index in [1.54, 1.807) is 0 Å². The minimum atomic E-state index is -0.280. The summed E-state index contributed by atoms with van der Waals surface area (Å²) in [5.74, 6) is 0.205. The molecule has 1 unspecified atom stereocenters. The minimum absolute atomic E-state index is 0.280. The van der Waals surface area contributed by atoms with Gasteiger partial charge in [-0.25, -0.2) is 4.79 Å². The quantitative estimate of drug-likeness (QED) is 0.708. The van der Waals surface area contributed by atoms with Crippen LogP contribution in [0.1, 0.15) is 52.7 Å². The Balaban J connectivity index is 2.16. The molecule has 1 atom stereocenters. The van der Waals surface area contributed by atoms with Crippen LogP contribution in [0, 0.1) is 6.92 Å². The average Bonchev–Trinajstić information content (AvgIpc) is 2.56. The highest BCUT2D eigenvalue weighted by Crippen LogP contribution is 2.26. The van der Waals surface area contributed by atoms with Gasteiger partial charge in [0.2, 0.25) is 0 Å². The number of rotatable bonds is 6. The Kier molecular flexibility index (Phi) is 5.76. The molecule has 116 valence electrons. The van der Waals surface area contributed by atoms with Crippen LogP contribution < -0.4 is 0 Å². The first kappa shape index (κ1) is 16.3. The van der Waals surface area contributed by atoms with E-state index in [0.717, 1.165) is 19.3 Å². The summed E-state index contributed by atoms with van der Waals surface area (Å²) in [6, 6.07) is 16.6. The zero-order chi connectivity index (χ0) is 15.9. The van der Waals surface area contributed by atoms with E-state index in [1.165, 1.54) is 23.8 Å². The van der Waals surface area contributed by atoms with E-state index >= 15 is 0 Å². The van der Waals surface area contributed by atoms with E-state index in [-0.39, 0.29) is 5.97 Å². The molecule has 0 aliphatic carbocycles. The van der Waals surface area contributed by atoms with Gasteiger partial charge in [-0.1, -0.05) is 55.3 Å². The zero-order valence-corrected chi connectivity index (χ0v) is 13.6. The largest absolute Gasteiger partial charge is 0.465 e. The average molecular weight is 296 g/mol. The normalized spacial score (nSPS) is 12.0. The standard InChI is InChI=1S/C20H24O2/c1-4-5-19(14-16-8-6-15(2)7-9-16)17-10-12-18(13-11-17)20(21)22-3/h6-13,19H,4-5,14H2,1-3H3. The second-order valence-corrected chi connectivity index (χ2v) is 5.79. The summed E-state index contributed by atoms with van der Waals surface area (Å²) in [6.45, 7) is 4.32. The Morgan fingerprint density at radius 3 is 2.23 bits per heavy atom. The van der Waals surface area contributed by atoms with Crippen LogP contribution in [0.25, 0.3) is 0 Å². The molecule has 0 aliphatic rings. The van der Waals surface area contributed by atoms with Crippen molar-refractivity contribution in [2.45, 2.75) is 39.0 Å². The van der Waals surface area contributed by atoms with E-state index in [9.17, 15) is 4.79 Å². The van der Waals surface area contributed by atoms with Crippen LogP contribution in [0.5, 0.6) is 0 Å². The zero-order valence-electron chi connectivity index (χ0n) is 13.6. The molecule has 2 aromatic rings. The van der Waals surface area contributed by atoms with E-state index in [1.807, 2.05) is 12.1 Å². The van der Waals surface area contributed by atoms with E-state index in [2.05, 4.69) is 50.2 Å². The Morgan fingerprint density at radius 2 is 1.68 bits per heavy atom. The third-order valence-electron chi connectivity index (χ3n) is 4.04. The third kappa shape index (κ3) is 4.20. The van der Waals surface area contributed by atoms with Gasteiger partial charge in [-0.3, -0.25) is 0 Å². The monoisotopic (exact) mass is 296 g/mol. The van der Waals surface area contributed by atoms with Crippen LogP contribution >= 0.6 is 0 Å². The van der Waals surface area contributed by atoms with Crippen LogP contribution in [0.3, 0.4) is 0 Å². The first-order valence-electron chi connectivity index (χ1n) is 7.88. The SMILES string of the molecule is CCCC(Cc1ccc(C)cc1)c1ccc(C(=O)OC)cc1. The Morgan fingerprint density at radius 1 is 1.05 bits per heavy atom. The van der Waals surface area contributed by atoms with Crippen LogP contribution in [-0.4, -0.2) is 13.1 Å². The number of hydrogen-bond donors (Lipinski definition) is 0. The number of ether oxygens (including phenoxy) is 1. The predicted molar refractivity (Wildman–Crippen MR) is 90.3 cm³/mol. The molecule has 0 N–H and O–H groups in total. The lowest BCUT2D eigenvalue weighted by molar-refractivity contribution is 0.0600. The fourth-order valence-electron chi connectivity index (χ4n) is 2.75. The first-order valence-corrected chi connectivity index (χ1v) is 7.88. The third-order valence-corrected chi connectivity index (χ3v) is 4.04. The van der Waals surface area contributed by atoms with Gasteiger partial charge in [0.15, 0.2) is 0 Å². The number of esters is 1. The lowest BCUT2D eigenvalue weighted by Crippen LogP contribution is -2.05. The second kappa shape index (κ2) is 7.79. The topological polar surface area (TPSA) is 26.3 Å². The van der Waals surface area contributed by atoms with Crippen molar-refractivity contribution in [3.63, 3.8) is 0 Å². The molecular weight excluding hydrogens is 272 g/mol. The van der Waals surface area contributed by atoms with Crippen molar-refractivity contribution in [1.29, 1.82) is 0 Å². The number of benzene rings is 2. The molecule has 22 heavy (non-hydrogen) atoms.